The molecule has 1 amide bonds. The fourth-order valence-corrected chi connectivity index (χ4v) is 2.45. The smallest absolute Gasteiger partial charge is 0.422 e. The molecule has 0 aliphatic carbocycles. The number of unbranched alkanes of at least 4 members (excludes halogenated alkanes) is 1. The molecule has 1 rings (SSSR count). The van der Waals surface area contributed by atoms with E-state index in [0.29, 0.717) is 13.0 Å². The van der Waals surface area contributed by atoms with Gasteiger partial charge in [0.05, 0.1) is 18.2 Å². The molecule has 0 bridgehead atoms. The summed E-state index contributed by atoms with van der Waals surface area (Å²) in [4.78, 5) is 32.6. The maximum Gasteiger partial charge on any atom is 0.422 e. The number of allylic oxidation sites excluding steroid dienone is 1. The molecule has 0 saturated heterocycles. The molecule has 7 nitrogen and oxygen atoms in total. The summed E-state index contributed by atoms with van der Waals surface area (Å²) in [6.07, 6.45) is 3.19. The number of carbonyl (C=O) groups excluding carboxylic acids is 2. The molecule has 0 fully saturated rings. The lowest BCUT2D eigenvalue weighted by Crippen LogP contribution is -2.31. The van der Waals surface area contributed by atoms with Crippen LogP contribution in [0.25, 0.3) is 5.53 Å². The van der Waals surface area contributed by atoms with Gasteiger partial charge in [0.15, 0.2) is 0 Å². The summed E-state index contributed by atoms with van der Waals surface area (Å²) < 4.78 is 4.54. The number of rotatable bonds is 7. The van der Waals surface area contributed by atoms with Crippen molar-refractivity contribution in [3.8, 4) is 0 Å². The molecule has 0 unspecified atom stereocenters. The first-order valence-electron chi connectivity index (χ1n) is 6.90. The van der Waals surface area contributed by atoms with Crippen molar-refractivity contribution in [2.75, 3.05) is 20.7 Å². The Bertz CT molecular complexity index is 715. The van der Waals surface area contributed by atoms with Crippen molar-refractivity contribution in [2.45, 2.75) is 12.8 Å². The van der Waals surface area contributed by atoms with Crippen molar-refractivity contribution >= 4 is 40.8 Å². The van der Waals surface area contributed by atoms with Crippen LogP contribution in [-0.4, -0.2) is 53.0 Å². The van der Waals surface area contributed by atoms with Gasteiger partial charge in [-0.1, -0.05) is 29.3 Å². The third-order valence-corrected chi connectivity index (χ3v) is 3.61. The minimum absolute atomic E-state index is 0.0603. The van der Waals surface area contributed by atoms with E-state index in [-0.39, 0.29) is 21.4 Å². The van der Waals surface area contributed by atoms with Gasteiger partial charge in [0.25, 0.3) is 5.91 Å². The SMILES string of the molecule is C=CCCCN(C)C(=O)c1c(C(=[N+]=[N-])C(=O)OC)cc(Cl)nc1Cl. The van der Waals surface area contributed by atoms with Crippen molar-refractivity contribution in [2.24, 2.45) is 0 Å². The number of carbonyl (C=O) groups is 2. The van der Waals surface area contributed by atoms with Crippen molar-refractivity contribution in [3.63, 3.8) is 0 Å². The molecule has 9 heteroatoms. The van der Waals surface area contributed by atoms with E-state index in [0.717, 1.165) is 13.5 Å². The van der Waals surface area contributed by atoms with Crippen molar-refractivity contribution in [3.05, 3.63) is 45.7 Å². The fourth-order valence-electron chi connectivity index (χ4n) is 1.94. The van der Waals surface area contributed by atoms with Crippen molar-refractivity contribution in [1.82, 2.24) is 9.88 Å². The van der Waals surface area contributed by atoms with E-state index >= 15 is 0 Å². The molecular formula is C15H16Cl2N4O3. The van der Waals surface area contributed by atoms with E-state index < -0.39 is 17.6 Å². The number of nitrogens with zero attached hydrogens (tertiary/aromatic N) is 4. The van der Waals surface area contributed by atoms with Gasteiger partial charge in [-0.2, -0.15) is 4.79 Å². The summed E-state index contributed by atoms with van der Waals surface area (Å²) >= 11 is 11.9. The Hall–Kier alpha value is -2.21. The van der Waals surface area contributed by atoms with E-state index in [1.807, 2.05) is 0 Å². The first kappa shape index (κ1) is 19.8. The van der Waals surface area contributed by atoms with Crippen LogP contribution in [0.3, 0.4) is 0 Å². The van der Waals surface area contributed by atoms with Gasteiger partial charge >= 0.3 is 11.7 Å². The van der Waals surface area contributed by atoms with Gasteiger partial charge in [-0.15, -0.1) is 6.58 Å². The molecule has 0 aliphatic heterocycles. The highest BCUT2D eigenvalue weighted by Gasteiger charge is 2.33. The van der Waals surface area contributed by atoms with Crippen LogP contribution >= 0.6 is 23.2 Å². The maximum absolute atomic E-state index is 12.7. The van der Waals surface area contributed by atoms with E-state index in [2.05, 4.69) is 21.1 Å². The third kappa shape index (κ3) is 4.64. The molecule has 0 N–H and O–H groups in total. The normalized spacial score (nSPS) is 9.83. The highest BCUT2D eigenvalue weighted by Crippen LogP contribution is 2.24. The second kappa shape index (κ2) is 9.17. The number of hydrogen-bond acceptors (Lipinski definition) is 4. The summed E-state index contributed by atoms with van der Waals surface area (Å²) in [5.41, 5.74) is 8.47. The Balaban J connectivity index is 3.36. The Morgan fingerprint density at radius 1 is 1.50 bits per heavy atom. The Morgan fingerprint density at radius 2 is 2.17 bits per heavy atom. The van der Waals surface area contributed by atoms with Gasteiger partial charge in [0.1, 0.15) is 10.3 Å². The van der Waals surface area contributed by atoms with Gasteiger partial charge in [-0.25, -0.2) is 9.78 Å². The van der Waals surface area contributed by atoms with Gasteiger partial charge < -0.3 is 15.2 Å². The second-order valence-corrected chi connectivity index (χ2v) is 5.50. The summed E-state index contributed by atoms with van der Waals surface area (Å²) in [6.45, 7) is 4.06. The maximum atomic E-state index is 12.7. The van der Waals surface area contributed by atoms with Crippen LogP contribution in [0.5, 0.6) is 0 Å². The number of aromatic nitrogens is 1. The Labute approximate surface area is 149 Å². The molecule has 0 radical (unpaired) electrons. The number of methoxy groups -OCH3 is 1. The first-order chi connectivity index (χ1) is 11.4. The van der Waals surface area contributed by atoms with E-state index in [1.165, 1.54) is 11.0 Å². The van der Waals surface area contributed by atoms with Gasteiger partial charge in [-0.05, 0) is 18.9 Å². The lowest BCUT2D eigenvalue weighted by molar-refractivity contribution is -0.137. The quantitative estimate of drug-likeness (QED) is 0.140. The van der Waals surface area contributed by atoms with Gasteiger partial charge in [-0.3, -0.25) is 4.79 Å². The molecule has 128 valence electrons. The zero-order valence-corrected chi connectivity index (χ0v) is 14.8. The molecule has 0 spiro atoms. The van der Waals surface area contributed by atoms with Crippen molar-refractivity contribution < 1.29 is 19.1 Å². The fraction of sp³-hybridized carbons (Fsp3) is 0.333. The molecule has 1 aromatic rings. The number of halogens is 2. The highest BCUT2D eigenvalue weighted by molar-refractivity contribution is 6.44. The molecule has 24 heavy (non-hydrogen) atoms. The highest BCUT2D eigenvalue weighted by atomic mass is 35.5. The van der Waals surface area contributed by atoms with E-state index in [4.69, 9.17) is 28.7 Å². The average molecular weight is 371 g/mol. The first-order valence-corrected chi connectivity index (χ1v) is 7.66. The van der Waals surface area contributed by atoms with Crippen LogP contribution in [0.4, 0.5) is 0 Å². The molecular weight excluding hydrogens is 355 g/mol. The third-order valence-electron chi connectivity index (χ3n) is 3.14. The minimum atomic E-state index is -0.945. The van der Waals surface area contributed by atoms with Crippen LogP contribution < -0.4 is 0 Å². The number of hydrogen-bond donors (Lipinski definition) is 0. The van der Waals surface area contributed by atoms with Crippen molar-refractivity contribution in [1.29, 1.82) is 0 Å². The van der Waals surface area contributed by atoms with Crippen LogP contribution in [0.15, 0.2) is 18.7 Å². The summed E-state index contributed by atoms with van der Waals surface area (Å²) in [7, 11) is 2.69. The molecule has 0 saturated carbocycles. The Kier molecular flexibility index (Phi) is 7.58. The predicted octanol–water partition coefficient (Wildman–Crippen LogP) is 2.62. The largest absolute Gasteiger partial charge is 0.460 e. The lowest BCUT2D eigenvalue weighted by atomic mass is 10.0. The zero-order valence-electron chi connectivity index (χ0n) is 13.3. The van der Waals surface area contributed by atoms with Crippen LogP contribution in [0, 0.1) is 0 Å². The lowest BCUT2D eigenvalue weighted by Gasteiger charge is -2.18. The van der Waals surface area contributed by atoms with Gasteiger partial charge in [0, 0.05) is 13.6 Å². The van der Waals surface area contributed by atoms with Crippen LogP contribution in [0.1, 0.15) is 28.8 Å². The molecule has 1 heterocycles. The molecule has 0 aliphatic rings. The van der Waals surface area contributed by atoms with Gasteiger partial charge in [0.2, 0.25) is 0 Å². The summed E-state index contributed by atoms with van der Waals surface area (Å²) in [6, 6.07) is 1.21. The average Bonchev–Trinajstić information content (AvgIpc) is 2.54. The zero-order chi connectivity index (χ0) is 18.3. The van der Waals surface area contributed by atoms with Crippen LogP contribution in [0.2, 0.25) is 10.3 Å². The number of esters is 1. The number of pyridine rings is 1. The number of amides is 1. The molecule has 1 aromatic heterocycles. The molecule has 0 atom stereocenters. The topological polar surface area (TPSA) is 95.9 Å². The van der Waals surface area contributed by atoms with Crippen LogP contribution in [-0.2, 0) is 9.53 Å². The number of ether oxygens (including phenoxy) is 1. The minimum Gasteiger partial charge on any atom is -0.460 e. The Morgan fingerprint density at radius 3 is 2.71 bits per heavy atom. The summed E-state index contributed by atoms with van der Waals surface area (Å²) in [5, 5.41) is -0.269. The predicted molar refractivity (Wildman–Crippen MR) is 90.4 cm³/mol. The van der Waals surface area contributed by atoms with E-state index in [9.17, 15) is 9.59 Å². The second-order valence-electron chi connectivity index (χ2n) is 4.76. The monoisotopic (exact) mass is 370 g/mol. The summed E-state index contributed by atoms with van der Waals surface area (Å²) in [5.74, 6) is -1.44. The molecule has 0 aromatic carbocycles. The standard InChI is InChI=1S/C15H16Cl2N4O3/c1-4-5-6-7-21(2)14(22)11-9(8-10(16)19-13(11)17)12(20-18)15(23)24-3/h4,8H,1,5-7H2,2-3H3. The van der Waals surface area contributed by atoms with E-state index in [1.54, 1.807) is 13.1 Å².